The Labute approximate surface area is 120 Å². The van der Waals surface area contributed by atoms with Crippen molar-refractivity contribution in [2.75, 3.05) is 5.32 Å². The second kappa shape index (κ2) is 5.05. The zero-order valence-corrected chi connectivity index (χ0v) is 12.2. The molecular weight excluding hydrogens is 302 g/mol. The van der Waals surface area contributed by atoms with Crippen molar-refractivity contribution in [2.24, 2.45) is 0 Å². The number of anilines is 1. The third-order valence-corrected chi connectivity index (χ3v) is 4.00. The van der Waals surface area contributed by atoms with E-state index >= 15 is 0 Å². The van der Waals surface area contributed by atoms with E-state index in [0.29, 0.717) is 0 Å². The van der Waals surface area contributed by atoms with Gasteiger partial charge in [-0.15, -0.1) is 0 Å². The summed E-state index contributed by atoms with van der Waals surface area (Å²) in [6.07, 6.45) is 4.06. The van der Waals surface area contributed by atoms with Gasteiger partial charge in [0.25, 0.3) is 0 Å². The first-order chi connectivity index (χ1) is 9.24. The molecule has 0 saturated carbocycles. The normalized spacial score (nSPS) is 10.8. The first-order valence-electron chi connectivity index (χ1n) is 6.15. The average molecular weight is 316 g/mol. The van der Waals surface area contributed by atoms with E-state index in [1.54, 1.807) is 0 Å². The molecule has 0 aliphatic rings. The van der Waals surface area contributed by atoms with Gasteiger partial charge in [0.1, 0.15) is 5.65 Å². The summed E-state index contributed by atoms with van der Waals surface area (Å²) in [5, 5.41) is 3.43. The van der Waals surface area contributed by atoms with Crippen LogP contribution in [0.3, 0.4) is 0 Å². The number of fused-ring (bicyclic) bond motifs is 1. The Bertz CT molecular complexity index is 685. The van der Waals surface area contributed by atoms with Crippen molar-refractivity contribution in [3.8, 4) is 0 Å². The summed E-state index contributed by atoms with van der Waals surface area (Å²) in [5.41, 5.74) is 4.36. The maximum Gasteiger partial charge on any atom is 0.137 e. The Morgan fingerprint density at radius 3 is 2.95 bits per heavy atom. The van der Waals surface area contributed by atoms with Crippen LogP contribution >= 0.6 is 15.9 Å². The molecule has 4 heteroatoms. The van der Waals surface area contributed by atoms with Crippen molar-refractivity contribution in [3.63, 3.8) is 0 Å². The smallest absolute Gasteiger partial charge is 0.137 e. The van der Waals surface area contributed by atoms with Crippen molar-refractivity contribution < 1.29 is 0 Å². The standard InChI is InChI=1S/C15H14BrN3/c1-11-13(16)5-4-6-14(11)17-9-12-10-19-8-3-2-7-15(19)18-12/h2-8,10,17H,9H2,1H3. The van der Waals surface area contributed by atoms with Crippen LogP contribution in [0, 0.1) is 6.92 Å². The second-order valence-electron chi connectivity index (χ2n) is 4.46. The largest absolute Gasteiger partial charge is 0.379 e. The Kier molecular flexibility index (Phi) is 3.25. The molecule has 2 heterocycles. The van der Waals surface area contributed by atoms with Crippen LogP contribution in [0.25, 0.3) is 5.65 Å². The van der Waals surface area contributed by atoms with Crippen molar-refractivity contribution >= 4 is 27.3 Å². The molecule has 0 spiro atoms. The number of halogens is 1. The Balaban J connectivity index is 1.80. The van der Waals surface area contributed by atoms with E-state index in [1.165, 1.54) is 5.56 Å². The molecule has 0 fully saturated rings. The monoisotopic (exact) mass is 315 g/mol. The summed E-state index contributed by atoms with van der Waals surface area (Å²) in [6, 6.07) is 12.2. The molecule has 2 aromatic heterocycles. The fourth-order valence-corrected chi connectivity index (χ4v) is 2.42. The second-order valence-corrected chi connectivity index (χ2v) is 5.32. The van der Waals surface area contributed by atoms with Crippen molar-refractivity contribution in [3.05, 3.63) is 64.5 Å². The third-order valence-electron chi connectivity index (χ3n) is 3.14. The lowest BCUT2D eigenvalue weighted by Gasteiger charge is -2.09. The molecule has 0 amide bonds. The number of nitrogens with one attached hydrogen (secondary N) is 1. The van der Waals surface area contributed by atoms with Crippen LogP contribution in [0.2, 0.25) is 0 Å². The summed E-state index contributed by atoms with van der Waals surface area (Å²) in [6.45, 7) is 2.81. The maximum atomic E-state index is 4.57. The van der Waals surface area contributed by atoms with E-state index in [4.69, 9.17) is 0 Å². The summed E-state index contributed by atoms with van der Waals surface area (Å²) < 4.78 is 3.15. The molecule has 3 rings (SSSR count). The van der Waals surface area contributed by atoms with Gasteiger partial charge in [0.15, 0.2) is 0 Å². The van der Waals surface area contributed by atoms with Gasteiger partial charge in [-0.3, -0.25) is 0 Å². The number of aromatic nitrogens is 2. The molecule has 1 N–H and O–H groups in total. The van der Waals surface area contributed by atoms with E-state index in [9.17, 15) is 0 Å². The molecule has 0 unspecified atom stereocenters. The van der Waals surface area contributed by atoms with Gasteiger partial charge >= 0.3 is 0 Å². The molecule has 0 aliphatic carbocycles. The van der Waals surface area contributed by atoms with Crippen LogP contribution in [0.1, 0.15) is 11.3 Å². The number of nitrogens with zero attached hydrogens (tertiary/aromatic N) is 2. The quantitative estimate of drug-likeness (QED) is 0.791. The SMILES string of the molecule is Cc1c(Br)cccc1NCc1cn2ccccc2n1. The van der Waals surface area contributed by atoms with Gasteiger partial charge in [0.05, 0.1) is 12.2 Å². The van der Waals surface area contributed by atoms with Crippen LogP contribution < -0.4 is 5.32 Å². The van der Waals surface area contributed by atoms with Crippen molar-refractivity contribution in [2.45, 2.75) is 13.5 Å². The fraction of sp³-hybridized carbons (Fsp3) is 0.133. The maximum absolute atomic E-state index is 4.57. The minimum atomic E-state index is 0.721. The highest BCUT2D eigenvalue weighted by Crippen LogP contribution is 2.23. The summed E-state index contributed by atoms with van der Waals surface area (Å²) in [5.74, 6) is 0. The molecule has 0 saturated heterocycles. The predicted molar refractivity (Wildman–Crippen MR) is 81.4 cm³/mol. The van der Waals surface area contributed by atoms with E-state index in [-0.39, 0.29) is 0 Å². The number of imidazole rings is 1. The number of benzene rings is 1. The van der Waals surface area contributed by atoms with E-state index < -0.39 is 0 Å². The molecule has 3 nitrogen and oxygen atoms in total. The molecule has 0 radical (unpaired) electrons. The number of rotatable bonds is 3. The van der Waals surface area contributed by atoms with Crippen LogP contribution in [0.15, 0.2) is 53.3 Å². The first-order valence-corrected chi connectivity index (χ1v) is 6.95. The van der Waals surface area contributed by atoms with Crippen LogP contribution in [-0.2, 0) is 6.54 Å². The lowest BCUT2D eigenvalue weighted by molar-refractivity contribution is 1.07. The van der Waals surface area contributed by atoms with E-state index in [0.717, 1.165) is 28.0 Å². The van der Waals surface area contributed by atoms with Crippen LogP contribution in [0.5, 0.6) is 0 Å². The highest BCUT2D eigenvalue weighted by molar-refractivity contribution is 9.10. The highest BCUT2D eigenvalue weighted by Gasteiger charge is 2.03. The molecule has 3 aromatic rings. The van der Waals surface area contributed by atoms with Gasteiger partial charge in [-0.1, -0.05) is 28.1 Å². The summed E-state index contributed by atoms with van der Waals surface area (Å²) >= 11 is 3.54. The lowest BCUT2D eigenvalue weighted by Crippen LogP contribution is -2.01. The Hall–Kier alpha value is -1.81. The average Bonchev–Trinajstić information content (AvgIpc) is 2.83. The minimum absolute atomic E-state index is 0.721. The Morgan fingerprint density at radius 2 is 2.11 bits per heavy atom. The lowest BCUT2D eigenvalue weighted by atomic mass is 10.2. The zero-order valence-electron chi connectivity index (χ0n) is 10.6. The zero-order chi connectivity index (χ0) is 13.2. The molecule has 96 valence electrons. The molecule has 0 aliphatic heterocycles. The van der Waals surface area contributed by atoms with Gasteiger partial charge < -0.3 is 9.72 Å². The van der Waals surface area contributed by atoms with Gasteiger partial charge in [0, 0.05) is 22.6 Å². The topological polar surface area (TPSA) is 29.3 Å². The van der Waals surface area contributed by atoms with Gasteiger partial charge in [-0.25, -0.2) is 4.98 Å². The minimum Gasteiger partial charge on any atom is -0.379 e. The summed E-state index contributed by atoms with van der Waals surface area (Å²) in [7, 11) is 0. The molecule has 1 aromatic carbocycles. The van der Waals surface area contributed by atoms with Crippen LogP contribution in [-0.4, -0.2) is 9.38 Å². The summed E-state index contributed by atoms with van der Waals surface area (Å²) in [4.78, 5) is 4.57. The number of hydrogen-bond acceptors (Lipinski definition) is 2. The van der Waals surface area contributed by atoms with Gasteiger partial charge in [-0.05, 0) is 36.8 Å². The number of hydrogen-bond donors (Lipinski definition) is 1. The first kappa shape index (κ1) is 12.2. The van der Waals surface area contributed by atoms with Crippen molar-refractivity contribution in [1.29, 1.82) is 0 Å². The van der Waals surface area contributed by atoms with Crippen molar-refractivity contribution in [1.82, 2.24) is 9.38 Å². The molecular formula is C15H14BrN3. The molecule has 0 atom stereocenters. The molecule has 19 heavy (non-hydrogen) atoms. The van der Waals surface area contributed by atoms with E-state index in [1.807, 2.05) is 40.9 Å². The number of pyridine rings is 1. The van der Waals surface area contributed by atoms with Gasteiger partial charge in [-0.2, -0.15) is 0 Å². The fourth-order valence-electron chi connectivity index (χ4n) is 2.06. The van der Waals surface area contributed by atoms with Gasteiger partial charge in [0.2, 0.25) is 0 Å². The van der Waals surface area contributed by atoms with E-state index in [2.05, 4.69) is 45.4 Å². The highest BCUT2D eigenvalue weighted by atomic mass is 79.9. The third kappa shape index (κ3) is 2.49. The Morgan fingerprint density at radius 1 is 1.21 bits per heavy atom. The predicted octanol–water partition coefficient (Wildman–Crippen LogP) is 4.02. The molecule has 0 bridgehead atoms. The van der Waals surface area contributed by atoms with Crippen LogP contribution in [0.4, 0.5) is 5.69 Å².